The van der Waals surface area contributed by atoms with Crippen molar-refractivity contribution in [2.24, 2.45) is 0 Å². The normalized spacial score (nSPS) is 20.8. The van der Waals surface area contributed by atoms with Gasteiger partial charge in [-0.25, -0.2) is 0 Å². The van der Waals surface area contributed by atoms with Crippen LogP contribution in [0.1, 0.15) is 24.1 Å². The Labute approximate surface area is 113 Å². The first-order valence-electron chi connectivity index (χ1n) is 6.63. The van der Waals surface area contributed by atoms with Crippen LogP contribution in [0.25, 0.3) is 0 Å². The Balaban J connectivity index is 1.97. The van der Waals surface area contributed by atoms with Crippen LogP contribution in [-0.2, 0) is 15.9 Å². The molecule has 1 atom stereocenters. The zero-order valence-electron chi connectivity index (χ0n) is 11.3. The lowest BCUT2D eigenvalue weighted by atomic mass is 9.83. The Morgan fingerprint density at radius 1 is 1.50 bits per heavy atom. The molecule has 2 heterocycles. The first kappa shape index (κ1) is 14.0. The maximum Gasteiger partial charge on any atom is 0.0874 e. The summed E-state index contributed by atoms with van der Waals surface area (Å²) in [6.07, 6.45) is 4.21. The molecule has 18 heavy (non-hydrogen) atoms. The second-order valence-electron chi connectivity index (χ2n) is 4.84. The third-order valence-corrected chi connectivity index (χ3v) is 4.92. The molecule has 0 aliphatic carbocycles. The van der Waals surface area contributed by atoms with E-state index in [1.165, 1.54) is 4.88 Å². The van der Waals surface area contributed by atoms with E-state index in [1.807, 2.05) is 25.5 Å². The first-order valence-corrected chi connectivity index (χ1v) is 7.51. The van der Waals surface area contributed by atoms with Crippen LogP contribution in [-0.4, -0.2) is 39.0 Å². The van der Waals surface area contributed by atoms with Crippen LogP contribution in [0.2, 0.25) is 0 Å². The summed E-state index contributed by atoms with van der Waals surface area (Å²) in [6.45, 7) is 1.62. The van der Waals surface area contributed by atoms with Crippen LogP contribution in [0, 0.1) is 0 Å². The van der Waals surface area contributed by atoms with Crippen molar-refractivity contribution in [2.45, 2.75) is 37.3 Å². The average Bonchev–Trinajstić information content (AvgIpc) is 2.93. The Bertz CT molecular complexity index is 334. The van der Waals surface area contributed by atoms with Crippen LogP contribution in [0.15, 0.2) is 17.5 Å². The van der Waals surface area contributed by atoms with Gasteiger partial charge < -0.3 is 14.8 Å². The van der Waals surface area contributed by atoms with Crippen molar-refractivity contribution in [3.63, 3.8) is 0 Å². The third kappa shape index (κ3) is 3.12. The van der Waals surface area contributed by atoms with Crippen LogP contribution >= 0.6 is 11.3 Å². The summed E-state index contributed by atoms with van der Waals surface area (Å²) in [4.78, 5) is 1.45. The molecule has 102 valence electrons. The lowest BCUT2D eigenvalue weighted by molar-refractivity contribution is -0.110. The number of hydrogen-bond donors (Lipinski definition) is 1. The molecular formula is C14H23NO2S. The summed E-state index contributed by atoms with van der Waals surface area (Å²) < 4.78 is 11.3. The van der Waals surface area contributed by atoms with Crippen molar-refractivity contribution in [3.05, 3.63) is 22.4 Å². The van der Waals surface area contributed by atoms with E-state index in [9.17, 15) is 0 Å². The smallest absolute Gasteiger partial charge is 0.0874 e. The van der Waals surface area contributed by atoms with Crippen molar-refractivity contribution in [3.8, 4) is 0 Å². The molecule has 1 saturated heterocycles. The third-order valence-electron chi connectivity index (χ3n) is 3.99. The van der Waals surface area contributed by atoms with Gasteiger partial charge in [-0.1, -0.05) is 6.07 Å². The molecule has 1 aromatic heterocycles. The molecule has 0 radical (unpaired) electrons. The number of ether oxygens (including phenoxy) is 2. The molecule has 0 amide bonds. The van der Waals surface area contributed by atoms with Crippen molar-refractivity contribution < 1.29 is 9.47 Å². The molecule has 3 nitrogen and oxygen atoms in total. The van der Waals surface area contributed by atoms with E-state index in [2.05, 4.69) is 22.8 Å². The number of nitrogens with one attached hydrogen (secondary N) is 1. The summed E-state index contributed by atoms with van der Waals surface area (Å²) in [5.41, 5.74) is -0.0513. The van der Waals surface area contributed by atoms with Gasteiger partial charge in [0.15, 0.2) is 0 Å². The van der Waals surface area contributed by atoms with Crippen LogP contribution in [0.3, 0.4) is 0 Å². The number of rotatable bonds is 6. The fourth-order valence-corrected chi connectivity index (χ4v) is 3.55. The van der Waals surface area contributed by atoms with Gasteiger partial charge in [-0.15, -0.1) is 11.3 Å². The second-order valence-corrected chi connectivity index (χ2v) is 5.87. The molecule has 0 bridgehead atoms. The lowest BCUT2D eigenvalue weighted by Crippen LogP contribution is -2.54. The largest absolute Gasteiger partial charge is 0.381 e. The number of hydrogen-bond acceptors (Lipinski definition) is 4. The van der Waals surface area contributed by atoms with Gasteiger partial charge in [0.05, 0.1) is 5.60 Å². The Morgan fingerprint density at radius 2 is 2.28 bits per heavy atom. The Morgan fingerprint density at radius 3 is 2.83 bits per heavy atom. The van der Waals surface area contributed by atoms with E-state index in [1.54, 1.807) is 0 Å². The van der Waals surface area contributed by atoms with Gasteiger partial charge in [0.2, 0.25) is 0 Å². The summed E-state index contributed by atoms with van der Waals surface area (Å²) in [5.74, 6) is 0. The molecule has 1 unspecified atom stereocenters. The average molecular weight is 269 g/mol. The van der Waals surface area contributed by atoms with Crippen molar-refractivity contribution in [1.82, 2.24) is 5.32 Å². The minimum absolute atomic E-state index is 0.0513. The van der Waals surface area contributed by atoms with Crippen LogP contribution in [0.4, 0.5) is 0 Å². The minimum atomic E-state index is -0.0513. The van der Waals surface area contributed by atoms with Gasteiger partial charge >= 0.3 is 0 Å². The van der Waals surface area contributed by atoms with E-state index < -0.39 is 0 Å². The van der Waals surface area contributed by atoms with Gasteiger partial charge in [0.25, 0.3) is 0 Å². The SMILES string of the molecule is CNC(CCc1cccs1)C1(OC)CCOCC1. The summed E-state index contributed by atoms with van der Waals surface area (Å²) >= 11 is 1.84. The Hall–Kier alpha value is -0.420. The van der Waals surface area contributed by atoms with Gasteiger partial charge in [-0.05, 0) is 31.3 Å². The van der Waals surface area contributed by atoms with Crippen molar-refractivity contribution >= 4 is 11.3 Å². The summed E-state index contributed by atoms with van der Waals surface area (Å²) in [5, 5.41) is 5.59. The molecule has 1 N–H and O–H groups in total. The van der Waals surface area contributed by atoms with Crippen LogP contribution < -0.4 is 5.32 Å². The van der Waals surface area contributed by atoms with E-state index >= 15 is 0 Å². The molecule has 2 rings (SSSR count). The monoisotopic (exact) mass is 269 g/mol. The fraction of sp³-hybridized carbons (Fsp3) is 0.714. The first-order chi connectivity index (χ1) is 8.80. The maximum absolute atomic E-state index is 5.86. The number of thiophene rings is 1. The topological polar surface area (TPSA) is 30.5 Å². The highest BCUT2D eigenvalue weighted by molar-refractivity contribution is 7.09. The molecular weight excluding hydrogens is 246 g/mol. The van der Waals surface area contributed by atoms with Gasteiger partial charge in [-0.3, -0.25) is 0 Å². The molecule has 0 aromatic carbocycles. The van der Waals surface area contributed by atoms with Crippen molar-refractivity contribution in [2.75, 3.05) is 27.4 Å². The number of methoxy groups -OCH3 is 1. The molecule has 1 aliphatic heterocycles. The molecule has 1 fully saturated rings. The predicted octanol–water partition coefficient (Wildman–Crippen LogP) is 2.46. The number of likely N-dealkylation sites (N-methyl/N-ethyl adjacent to an activating group) is 1. The van der Waals surface area contributed by atoms with E-state index in [0.29, 0.717) is 6.04 Å². The highest BCUT2D eigenvalue weighted by Gasteiger charge is 2.39. The molecule has 1 aromatic rings. The lowest BCUT2D eigenvalue weighted by Gasteiger charge is -2.42. The number of aryl methyl sites for hydroxylation is 1. The Kier molecular flexibility index (Phi) is 5.18. The highest BCUT2D eigenvalue weighted by atomic mass is 32.1. The standard InChI is InChI=1S/C14H23NO2S/c1-15-13(6-5-12-4-3-11-18-12)14(16-2)7-9-17-10-8-14/h3-4,11,13,15H,5-10H2,1-2H3. The summed E-state index contributed by atoms with van der Waals surface area (Å²) in [6, 6.07) is 4.73. The second kappa shape index (κ2) is 6.66. The van der Waals surface area contributed by atoms with Gasteiger partial charge in [0.1, 0.15) is 0 Å². The van der Waals surface area contributed by atoms with Crippen LogP contribution in [0.5, 0.6) is 0 Å². The van der Waals surface area contributed by atoms with E-state index in [-0.39, 0.29) is 5.60 Å². The quantitative estimate of drug-likeness (QED) is 0.860. The zero-order chi connectivity index (χ0) is 12.8. The minimum Gasteiger partial charge on any atom is -0.381 e. The molecule has 0 saturated carbocycles. The predicted molar refractivity (Wildman–Crippen MR) is 75.3 cm³/mol. The summed E-state index contributed by atoms with van der Waals surface area (Å²) in [7, 11) is 3.87. The zero-order valence-corrected chi connectivity index (χ0v) is 12.1. The maximum atomic E-state index is 5.86. The van der Waals surface area contributed by atoms with Crippen molar-refractivity contribution in [1.29, 1.82) is 0 Å². The van der Waals surface area contributed by atoms with Gasteiger partial charge in [0, 0.05) is 44.1 Å². The highest BCUT2D eigenvalue weighted by Crippen LogP contribution is 2.30. The van der Waals surface area contributed by atoms with Gasteiger partial charge in [-0.2, -0.15) is 0 Å². The molecule has 0 spiro atoms. The fourth-order valence-electron chi connectivity index (χ4n) is 2.82. The molecule has 1 aliphatic rings. The van der Waals surface area contributed by atoms with E-state index in [0.717, 1.165) is 38.9 Å². The van der Waals surface area contributed by atoms with E-state index in [4.69, 9.17) is 9.47 Å². The molecule has 4 heteroatoms.